The second-order valence-corrected chi connectivity index (χ2v) is 6.65. The summed E-state index contributed by atoms with van der Waals surface area (Å²) in [5.41, 5.74) is 0. The maximum Gasteiger partial charge on any atom is 0.229 e. The molecule has 0 radical (unpaired) electrons. The van der Waals surface area contributed by atoms with Crippen molar-refractivity contribution in [2.24, 2.45) is 5.14 Å². The number of nitrogens with zero attached hydrogens (tertiary/aromatic N) is 2. The molecule has 2 heterocycles. The van der Waals surface area contributed by atoms with Crippen LogP contribution in [0.4, 0.5) is 5.82 Å². The number of nitrogens with two attached hydrogens (primary N) is 1. The minimum Gasteiger partial charge on any atom is -0.295 e. The van der Waals surface area contributed by atoms with Crippen LogP contribution >= 0.6 is 0 Å². The first kappa shape index (κ1) is 13.0. The van der Waals surface area contributed by atoms with E-state index < -0.39 is 15.3 Å². The van der Waals surface area contributed by atoms with E-state index in [2.05, 4.69) is 4.98 Å². The quantitative estimate of drug-likeness (QED) is 0.878. The van der Waals surface area contributed by atoms with Crippen molar-refractivity contribution in [2.45, 2.75) is 11.7 Å². The van der Waals surface area contributed by atoms with Crippen LogP contribution < -0.4 is 10.0 Å². The molecule has 6 nitrogen and oxygen atoms in total. The van der Waals surface area contributed by atoms with Gasteiger partial charge in [-0.25, -0.2) is 18.5 Å². The van der Waals surface area contributed by atoms with Gasteiger partial charge in [0.05, 0.1) is 0 Å². The lowest BCUT2D eigenvalue weighted by Crippen LogP contribution is -2.32. The number of benzene rings is 1. The van der Waals surface area contributed by atoms with E-state index in [0.29, 0.717) is 5.82 Å². The van der Waals surface area contributed by atoms with Gasteiger partial charge >= 0.3 is 0 Å². The van der Waals surface area contributed by atoms with Gasteiger partial charge in [-0.3, -0.25) is 9.69 Å². The number of hydrogen-bond acceptors (Lipinski definition) is 4. The Labute approximate surface area is 116 Å². The van der Waals surface area contributed by atoms with Gasteiger partial charge in [-0.2, -0.15) is 0 Å². The molecule has 1 amide bonds. The average molecular weight is 291 g/mol. The van der Waals surface area contributed by atoms with Crippen LogP contribution in [0.5, 0.6) is 0 Å². The van der Waals surface area contributed by atoms with Gasteiger partial charge in [-0.15, -0.1) is 0 Å². The summed E-state index contributed by atoms with van der Waals surface area (Å²) >= 11 is 0. The van der Waals surface area contributed by atoms with Crippen LogP contribution in [-0.2, 0) is 14.8 Å². The van der Waals surface area contributed by atoms with Crippen molar-refractivity contribution in [1.82, 2.24) is 4.98 Å². The zero-order valence-corrected chi connectivity index (χ0v) is 11.4. The monoisotopic (exact) mass is 291 g/mol. The lowest BCUT2D eigenvalue weighted by Gasteiger charge is -2.15. The van der Waals surface area contributed by atoms with Gasteiger partial charge in [0.15, 0.2) is 0 Å². The number of hydrogen-bond donors (Lipinski definition) is 1. The highest BCUT2D eigenvalue weighted by Gasteiger charge is 2.37. The van der Waals surface area contributed by atoms with Gasteiger partial charge in [0.2, 0.25) is 15.9 Å². The summed E-state index contributed by atoms with van der Waals surface area (Å²) in [6.45, 7) is 0.0585. The number of anilines is 1. The van der Waals surface area contributed by atoms with Gasteiger partial charge in [0, 0.05) is 24.5 Å². The van der Waals surface area contributed by atoms with Crippen LogP contribution in [0.2, 0.25) is 0 Å². The molecule has 1 aliphatic rings. The fourth-order valence-electron chi connectivity index (χ4n) is 2.34. The molecule has 1 aliphatic heterocycles. The third kappa shape index (κ3) is 2.25. The molecule has 104 valence electrons. The summed E-state index contributed by atoms with van der Waals surface area (Å²) in [6, 6.07) is 9.41. The third-order valence-corrected chi connectivity index (χ3v) is 4.69. The summed E-state index contributed by atoms with van der Waals surface area (Å²) in [7, 11) is -3.71. The normalized spacial score (nSPS) is 19.8. The SMILES string of the molecule is NS(=O)(=O)C1CC(=O)N(c2cc3ccccc3cn2)C1. The zero-order chi connectivity index (χ0) is 14.3. The highest BCUT2D eigenvalue weighted by molar-refractivity contribution is 7.89. The van der Waals surface area contributed by atoms with Crippen LogP contribution in [0.25, 0.3) is 10.8 Å². The van der Waals surface area contributed by atoms with Gasteiger partial charge < -0.3 is 0 Å². The number of carbonyl (C=O) groups excluding carboxylic acids is 1. The van der Waals surface area contributed by atoms with E-state index in [1.165, 1.54) is 4.90 Å². The number of aromatic nitrogens is 1. The van der Waals surface area contributed by atoms with Crippen molar-refractivity contribution in [3.63, 3.8) is 0 Å². The second-order valence-electron chi connectivity index (χ2n) is 4.81. The Balaban J connectivity index is 1.97. The number of rotatable bonds is 2. The molecule has 1 atom stereocenters. The molecular weight excluding hydrogens is 278 g/mol. The van der Waals surface area contributed by atoms with Gasteiger partial charge in [0.25, 0.3) is 0 Å². The molecule has 2 N–H and O–H groups in total. The lowest BCUT2D eigenvalue weighted by molar-refractivity contribution is -0.117. The molecule has 1 unspecified atom stereocenters. The maximum absolute atomic E-state index is 11.9. The second kappa shape index (κ2) is 4.53. The molecule has 1 saturated heterocycles. The molecule has 7 heteroatoms. The van der Waals surface area contributed by atoms with E-state index in [4.69, 9.17) is 5.14 Å². The molecule has 1 fully saturated rings. The Morgan fingerprint density at radius 2 is 1.95 bits per heavy atom. The Kier molecular flexibility index (Phi) is 2.95. The van der Waals surface area contributed by atoms with Crippen molar-refractivity contribution in [1.29, 1.82) is 0 Å². The summed E-state index contributed by atoms with van der Waals surface area (Å²) in [5, 5.41) is 6.16. The van der Waals surface area contributed by atoms with E-state index in [9.17, 15) is 13.2 Å². The van der Waals surface area contributed by atoms with Crippen molar-refractivity contribution >= 4 is 32.5 Å². The summed E-state index contributed by atoms with van der Waals surface area (Å²) in [6.07, 6.45) is 1.58. The first-order chi connectivity index (χ1) is 9.45. The van der Waals surface area contributed by atoms with E-state index in [1.807, 2.05) is 24.3 Å². The highest BCUT2D eigenvalue weighted by Crippen LogP contribution is 2.25. The molecule has 1 aromatic heterocycles. The van der Waals surface area contributed by atoms with Crippen molar-refractivity contribution in [3.05, 3.63) is 36.5 Å². The predicted octanol–water partition coefficient (Wildman–Crippen LogP) is 0.629. The number of amides is 1. The molecule has 0 saturated carbocycles. The van der Waals surface area contributed by atoms with Crippen molar-refractivity contribution < 1.29 is 13.2 Å². The van der Waals surface area contributed by atoms with E-state index >= 15 is 0 Å². The first-order valence-corrected chi connectivity index (χ1v) is 7.73. The Hall–Kier alpha value is -1.99. The van der Waals surface area contributed by atoms with E-state index in [1.54, 1.807) is 12.3 Å². The van der Waals surface area contributed by atoms with Gasteiger partial charge in [-0.05, 0) is 11.5 Å². The van der Waals surface area contributed by atoms with Crippen molar-refractivity contribution in [2.75, 3.05) is 11.4 Å². The molecule has 0 aliphatic carbocycles. The van der Waals surface area contributed by atoms with Crippen LogP contribution in [0.15, 0.2) is 36.5 Å². The summed E-state index contributed by atoms with van der Waals surface area (Å²) in [4.78, 5) is 17.5. The van der Waals surface area contributed by atoms with Crippen molar-refractivity contribution in [3.8, 4) is 0 Å². The molecule has 1 aromatic carbocycles. The van der Waals surface area contributed by atoms with Gasteiger partial charge in [0.1, 0.15) is 11.1 Å². The van der Waals surface area contributed by atoms with Crippen LogP contribution in [0.3, 0.4) is 0 Å². The summed E-state index contributed by atoms with van der Waals surface area (Å²) < 4.78 is 22.7. The lowest BCUT2D eigenvalue weighted by atomic mass is 10.2. The number of sulfonamides is 1. The zero-order valence-electron chi connectivity index (χ0n) is 10.6. The predicted molar refractivity (Wildman–Crippen MR) is 75.6 cm³/mol. The Morgan fingerprint density at radius 3 is 2.60 bits per heavy atom. The molecule has 0 bridgehead atoms. The molecule has 0 spiro atoms. The number of carbonyl (C=O) groups is 1. The standard InChI is InChI=1S/C13H13N3O3S/c14-20(18,19)11-6-13(17)16(8-11)12-5-9-3-1-2-4-10(9)7-15-12/h1-5,7,11H,6,8H2,(H2,14,18,19). The number of pyridine rings is 1. The minimum absolute atomic E-state index is 0.0585. The summed E-state index contributed by atoms with van der Waals surface area (Å²) in [5.74, 6) is 0.187. The Morgan fingerprint density at radius 1 is 1.25 bits per heavy atom. The number of primary sulfonamides is 1. The van der Waals surface area contributed by atoms with Crippen LogP contribution in [-0.4, -0.2) is 31.1 Å². The first-order valence-electron chi connectivity index (χ1n) is 6.12. The van der Waals surface area contributed by atoms with Gasteiger partial charge in [-0.1, -0.05) is 24.3 Å². The molecule has 2 aromatic rings. The molecular formula is C13H13N3O3S. The topological polar surface area (TPSA) is 93.4 Å². The fourth-order valence-corrected chi connectivity index (χ4v) is 3.07. The highest BCUT2D eigenvalue weighted by atomic mass is 32.2. The largest absolute Gasteiger partial charge is 0.295 e. The Bertz CT molecular complexity index is 788. The third-order valence-electron chi connectivity index (χ3n) is 3.45. The average Bonchev–Trinajstić information content (AvgIpc) is 2.80. The fraction of sp³-hybridized carbons (Fsp3) is 0.231. The van der Waals surface area contributed by atoms with Crippen LogP contribution in [0.1, 0.15) is 6.42 Å². The maximum atomic E-state index is 11.9. The van der Waals surface area contributed by atoms with Crippen LogP contribution in [0, 0.1) is 0 Å². The smallest absolute Gasteiger partial charge is 0.229 e. The number of fused-ring (bicyclic) bond motifs is 1. The minimum atomic E-state index is -3.71. The van der Waals surface area contributed by atoms with E-state index in [-0.39, 0.29) is 18.9 Å². The molecule has 3 rings (SSSR count). The molecule has 20 heavy (non-hydrogen) atoms. The van der Waals surface area contributed by atoms with E-state index in [0.717, 1.165) is 10.8 Å².